The van der Waals surface area contributed by atoms with Crippen LogP contribution in [0.3, 0.4) is 0 Å². The molecule has 2 rings (SSSR count). The fraction of sp³-hybridized carbons (Fsp3) is 0.231. The molecule has 0 radical (unpaired) electrons. The Labute approximate surface area is 102 Å². The summed E-state index contributed by atoms with van der Waals surface area (Å²) in [5, 5.41) is 2.17. The van der Waals surface area contributed by atoms with E-state index in [1.54, 1.807) is 7.05 Å². The van der Waals surface area contributed by atoms with Gasteiger partial charge in [-0.2, -0.15) is 0 Å². The monoisotopic (exact) mass is 249 g/mol. The largest absolute Gasteiger partial charge is 0.274 e. The molecule has 3 nitrogen and oxygen atoms in total. The average Bonchev–Trinajstić information content (AvgIpc) is 2.26. The van der Waals surface area contributed by atoms with E-state index in [1.165, 1.54) is 16.1 Å². The Morgan fingerprint density at radius 1 is 1.00 bits per heavy atom. The van der Waals surface area contributed by atoms with Crippen molar-refractivity contribution in [2.24, 2.45) is 0 Å². The molecule has 0 saturated carbocycles. The quantitative estimate of drug-likeness (QED) is 0.820. The van der Waals surface area contributed by atoms with Gasteiger partial charge in [-0.15, -0.1) is 0 Å². The Balaban J connectivity index is 2.56. The molecule has 0 heterocycles. The fourth-order valence-electron chi connectivity index (χ4n) is 1.74. The Bertz CT molecular complexity index is 662. The maximum atomic E-state index is 11.4. The fourth-order valence-corrected chi connectivity index (χ4v) is 2.24. The molecule has 2 aromatic rings. The highest BCUT2D eigenvalue weighted by Crippen LogP contribution is 2.23. The number of rotatable bonds is 2. The van der Waals surface area contributed by atoms with Crippen LogP contribution in [0.4, 0.5) is 5.69 Å². The molecule has 0 atom stereocenters. The van der Waals surface area contributed by atoms with Gasteiger partial charge in [0.25, 0.3) is 0 Å². The van der Waals surface area contributed by atoms with E-state index in [9.17, 15) is 8.42 Å². The van der Waals surface area contributed by atoms with E-state index in [1.807, 2.05) is 37.3 Å². The van der Waals surface area contributed by atoms with Gasteiger partial charge in [0.2, 0.25) is 10.0 Å². The topological polar surface area (TPSA) is 37.4 Å². The number of hydrogen-bond donors (Lipinski definition) is 0. The maximum absolute atomic E-state index is 11.4. The first-order valence-electron chi connectivity index (χ1n) is 5.32. The van der Waals surface area contributed by atoms with Gasteiger partial charge in [-0.05, 0) is 29.8 Å². The van der Waals surface area contributed by atoms with Crippen molar-refractivity contribution in [3.63, 3.8) is 0 Å². The Kier molecular flexibility index (Phi) is 2.83. The van der Waals surface area contributed by atoms with Crippen LogP contribution in [0.5, 0.6) is 0 Å². The lowest BCUT2D eigenvalue weighted by atomic mass is 10.1. The van der Waals surface area contributed by atoms with Crippen LogP contribution in [0.2, 0.25) is 0 Å². The highest BCUT2D eigenvalue weighted by molar-refractivity contribution is 7.92. The van der Waals surface area contributed by atoms with Gasteiger partial charge in [-0.1, -0.05) is 29.8 Å². The lowest BCUT2D eigenvalue weighted by Crippen LogP contribution is -2.24. The second kappa shape index (κ2) is 4.04. The predicted molar refractivity (Wildman–Crippen MR) is 71.9 cm³/mol. The summed E-state index contributed by atoms with van der Waals surface area (Å²) in [6.07, 6.45) is 1.20. The number of anilines is 1. The van der Waals surface area contributed by atoms with Crippen molar-refractivity contribution in [1.29, 1.82) is 0 Å². The molecule has 17 heavy (non-hydrogen) atoms. The van der Waals surface area contributed by atoms with E-state index in [0.717, 1.165) is 10.8 Å². The maximum Gasteiger partial charge on any atom is 0.231 e. The van der Waals surface area contributed by atoms with Crippen LogP contribution in [-0.4, -0.2) is 21.7 Å². The standard InChI is InChI=1S/C13H15NO2S/c1-10-4-5-12-9-13(7-6-11(12)8-10)14(2)17(3,15)16/h4-9H,1-3H3. The van der Waals surface area contributed by atoms with Crippen LogP contribution < -0.4 is 4.31 Å². The molecular formula is C13H15NO2S. The van der Waals surface area contributed by atoms with E-state index in [-0.39, 0.29) is 0 Å². The van der Waals surface area contributed by atoms with Gasteiger partial charge in [0.05, 0.1) is 11.9 Å². The first kappa shape index (κ1) is 11.9. The second-order valence-corrected chi connectivity index (χ2v) is 6.28. The van der Waals surface area contributed by atoms with Crippen LogP contribution in [0, 0.1) is 6.92 Å². The zero-order valence-corrected chi connectivity index (χ0v) is 11.0. The molecule has 0 fully saturated rings. The average molecular weight is 249 g/mol. The summed E-state index contributed by atoms with van der Waals surface area (Å²) in [5.74, 6) is 0. The number of benzene rings is 2. The molecule has 0 aliphatic carbocycles. The van der Waals surface area contributed by atoms with Crippen molar-refractivity contribution in [2.45, 2.75) is 6.92 Å². The Hall–Kier alpha value is -1.55. The molecule has 4 heteroatoms. The zero-order chi connectivity index (χ0) is 12.6. The Morgan fingerprint density at radius 3 is 2.24 bits per heavy atom. The molecular weight excluding hydrogens is 234 g/mol. The summed E-state index contributed by atoms with van der Waals surface area (Å²) in [6.45, 7) is 2.04. The number of aryl methyl sites for hydroxylation is 1. The van der Waals surface area contributed by atoms with E-state index < -0.39 is 10.0 Å². The molecule has 90 valence electrons. The van der Waals surface area contributed by atoms with Crippen LogP contribution in [0.15, 0.2) is 36.4 Å². The minimum atomic E-state index is -3.20. The van der Waals surface area contributed by atoms with Gasteiger partial charge in [-0.25, -0.2) is 8.42 Å². The summed E-state index contributed by atoms with van der Waals surface area (Å²) >= 11 is 0. The van der Waals surface area contributed by atoms with Crippen molar-refractivity contribution >= 4 is 26.5 Å². The first-order valence-corrected chi connectivity index (χ1v) is 7.17. The molecule has 0 aliphatic heterocycles. The van der Waals surface area contributed by atoms with Gasteiger partial charge in [0, 0.05) is 7.05 Å². The minimum Gasteiger partial charge on any atom is -0.274 e. The highest BCUT2D eigenvalue weighted by Gasteiger charge is 2.11. The second-order valence-electron chi connectivity index (χ2n) is 4.27. The van der Waals surface area contributed by atoms with Crippen LogP contribution >= 0.6 is 0 Å². The molecule has 0 aromatic heterocycles. The highest BCUT2D eigenvalue weighted by atomic mass is 32.2. The molecule has 0 N–H and O–H groups in total. The molecule has 2 aromatic carbocycles. The van der Waals surface area contributed by atoms with Crippen LogP contribution in [-0.2, 0) is 10.0 Å². The summed E-state index contributed by atoms with van der Waals surface area (Å²) in [5.41, 5.74) is 1.88. The van der Waals surface area contributed by atoms with Gasteiger partial charge < -0.3 is 0 Å². The summed E-state index contributed by atoms with van der Waals surface area (Å²) in [6, 6.07) is 11.8. The number of sulfonamides is 1. The van der Waals surface area contributed by atoms with Gasteiger partial charge in [0.15, 0.2) is 0 Å². The normalized spacial score (nSPS) is 11.7. The number of hydrogen-bond acceptors (Lipinski definition) is 2. The van der Waals surface area contributed by atoms with Gasteiger partial charge >= 0.3 is 0 Å². The van der Waals surface area contributed by atoms with Crippen LogP contribution in [0.25, 0.3) is 10.8 Å². The number of fused-ring (bicyclic) bond motifs is 1. The third kappa shape index (κ3) is 2.42. The molecule has 0 spiro atoms. The lowest BCUT2D eigenvalue weighted by molar-refractivity contribution is 0.600. The number of nitrogens with zero attached hydrogens (tertiary/aromatic N) is 1. The van der Waals surface area contributed by atoms with E-state index in [4.69, 9.17) is 0 Å². The van der Waals surface area contributed by atoms with E-state index >= 15 is 0 Å². The molecule has 0 aliphatic rings. The smallest absolute Gasteiger partial charge is 0.231 e. The summed E-state index contributed by atoms with van der Waals surface area (Å²) in [7, 11) is -1.64. The SMILES string of the molecule is Cc1ccc2cc(N(C)S(C)(=O)=O)ccc2c1. The lowest BCUT2D eigenvalue weighted by Gasteiger charge is -2.17. The molecule has 0 bridgehead atoms. The van der Waals surface area contributed by atoms with Crippen molar-refractivity contribution in [1.82, 2.24) is 0 Å². The van der Waals surface area contributed by atoms with Crippen molar-refractivity contribution in [3.8, 4) is 0 Å². The van der Waals surface area contributed by atoms with Crippen molar-refractivity contribution < 1.29 is 8.42 Å². The summed E-state index contributed by atoms with van der Waals surface area (Å²) < 4.78 is 24.2. The van der Waals surface area contributed by atoms with Gasteiger partial charge in [0.1, 0.15) is 0 Å². The van der Waals surface area contributed by atoms with Crippen molar-refractivity contribution in [3.05, 3.63) is 42.0 Å². The predicted octanol–water partition coefficient (Wildman–Crippen LogP) is 2.54. The van der Waals surface area contributed by atoms with E-state index in [2.05, 4.69) is 6.07 Å². The third-order valence-electron chi connectivity index (χ3n) is 2.84. The van der Waals surface area contributed by atoms with E-state index in [0.29, 0.717) is 5.69 Å². The Morgan fingerprint density at radius 2 is 1.59 bits per heavy atom. The molecule has 0 saturated heterocycles. The first-order chi connectivity index (χ1) is 7.88. The molecule has 0 amide bonds. The minimum absolute atomic E-state index is 0.684. The van der Waals surface area contributed by atoms with Crippen LogP contribution in [0.1, 0.15) is 5.56 Å². The van der Waals surface area contributed by atoms with Crippen molar-refractivity contribution in [2.75, 3.05) is 17.6 Å². The third-order valence-corrected chi connectivity index (χ3v) is 4.05. The molecule has 0 unspecified atom stereocenters. The zero-order valence-electron chi connectivity index (χ0n) is 10.1. The summed E-state index contributed by atoms with van der Waals surface area (Å²) in [4.78, 5) is 0. The van der Waals surface area contributed by atoms with Gasteiger partial charge in [-0.3, -0.25) is 4.31 Å².